The van der Waals surface area contributed by atoms with Crippen molar-refractivity contribution in [2.24, 2.45) is 5.14 Å². The molecule has 0 amide bonds. The molecule has 0 spiro atoms. The number of hydrogen-bond acceptors (Lipinski definition) is 4. The zero-order valence-corrected chi connectivity index (χ0v) is 15.8. The molecule has 0 saturated heterocycles. The molecule has 138 valence electrons. The van der Waals surface area contributed by atoms with Crippen LogP contribution in [0.4, 0.5) is 0 Å². The molecule has 28 heavy (non-hydrogen) atoms. The number of nitrogens with one attached hydrogen (secondary N) is 1. The second-order valence-electron chi connectivity index (χ2n) is 6.30. The quantitative estimate of drug-likeness (QED) is 0.515. The van der Waals surface area contributed by atoms with Crippen molar-refractivity contribution in [3.05, 3.63) is 77.7 Å². The third-order valence-corrected chi connectivity index (χ3v) is 5.29. The van der Waals surface area contributed by atoms with Gasteiger partial charge in [-0.25, -0.2) is 13.6 Å². The average molecular weight is 388 g/mol. The number of aryl methyl sites for hydroxylation is 1. The maximum absolute atomic E-state index is 11.5. The summed E-state index contributed by atoms with van der Waals surface area (Å²) in [6, 6.07) is 14.2. The molecule has 0 aliphatic carbocycles. The van der Waals surface area contributed by atoms with Crippen LogP contribution in [0.15, 0.2) is 65.8 Å². The van der Waals surface area contributed by atoms with E-state index < -0.39 is 10.0 Å². The second kappa shape index (κ2) is 6.93. The van der Waals surface area contributed by atoms with Crippen molar-refractivity contribution >= 4 is 20.8 Å². The minimum absolute atomic E-state index is 0.0311. The van der Waals surface area contributed by atoms with Crippen LogP contribution in [0.1, 0.15) is 16.8 Å². The van der Waals surface area contributed by atoms with Gasteiger partial charge in [0.2, 0.25) is 10.0 Å². The molecule has 0 aliphatic rings. The fourth-order valence-electron chi connectivity index (χ4n) is 2.98. The van der Waals surface area contributed by atoms with Crippen molar-refractivity contribution in [1.82, 2.24) is 15.2 Å². The summed E-state index contributed by atoms with van der Waals surface area (Å²) in [4.78, 5) is 4.25. The molecule has 2 aromatic carbocycles. The van der Waals surface area contributed by atoms with Crippen LogP contribution in [0.2, 0.25) is 0 Å². The van der Waals surface area contributed by atoms with Crippen molar-refractivity contribution in [1.29, 1.82) is 0 Å². The van der Waals surface area contributed by atoms with E-state index in [0.717, 1.165) is 33.3 Å². The highest BCUT2D eigenvalue weighted by Crippen LogP contribution is 2.29. The fourth-order valence-corrected chi connectivity index (χ4v) is 3.54. The first-order valence-corrected chi connectivity index (χ1v) is 10.0. The Morgan fingerprint density at radius 2 is 1.89 bits per heavy atom. The number of H-pyrrole nitrogens is 1. The Labute approximate surface area is 162 Å². The van der Waals surface area contributed by atoms with Crippen LogP contribution < -0.4 is 5.14 Å². The van der Waals surface area contributed by atoms with Crippen LogP contribution in [0, 0.1) is 18.8 Å². The first-order chi connectivity index (χ1) is 13.4. The predicted molar refractivity (Wildman–Crippen MR) is 108 cm³/mol. The Hall–Kier alpha value is -3.47. The highest BCUT2D eigenvalue weighted by Gasteiger charge is 2.13. The molecular formula is C21H16N4O2S. The summed E-state index contributed by atoms with van der Waals surface area (Å²) in [6.45, 7) is 1.89. The van der Waals surface area contributed by atoms with Gasteiger partial charge >= 0.3 is 0 Å². The number of fused-ring (bicyclic) bond motifs is 1. The van der Waals surface area contributed by atoms with E-state index in [1.165, 1.54) is 12.1 Å². The van der Waals surface area contributed by atoms with Gasteiger partial charge in [-0.2, -0.15) is 5.10 Å². The lowest BCUT2D eigenvalue weighted by Gasteiger charge is -2.04. The third kappa shape index (κ3) is 3.39. The lowest BCUT2D eigenvalue weighted by atomic mass is 10.0. The lowest BCUT2D eigenvalue weighted by Crippen LogP contribution is -2.11. The summed E-state index contributed by atoms with van der Waals surface area (Å²) in [5.74, 6) is 6.13. The number of rotatable bonds is 2. The lowest BCUT2D eigenvalue weighted by molar-refractivity contribution is 0.598. The number of aromatic amines is 1. The molecular weight excluding hydrogens is 372 g/mol. The monoisotopic (exact) mass is 388 g/mol. The van der Waals surface area contributed by atoms with Gasteiger partial charge in [-0.3, -0.25) is 10.1 Å². The number of nitrogens with zero attached hydrogens (tertiary/aromatic N) is 2. The van der Waals surface area contributed by atoms with Gasteiger partial charge in [-0.15, -0.1) is 0 Å². The van der Waals surface area contributed by atoms with Gasteiger partial charge < -0.3 is 0 Å². The molecule has 2 heterocycles. The Morgan fingerprint density at radius 1 is 1.07 bits per heavy atom. The van der Waals surface area contributed by atoms with Gasteiger partial charge in [0.15, 0.2) is 0 Å². The summed E-state index contributed by atoms with van der Waals surface area (Å²) in [7, 11) is -3.77. The number of benzene rings is 2. The SMILES string of the molecule is Cc1[nH]nc(-c2cccc3ccncc23)c1C#Cc1cccc(S(N)(=O)=O)c1. The molecule has 7 heteroatoms. The average Bonchev–Trinajstić information content (AvgIpc) is 3.06. The van der Waals surface area contributed by atoms with Gasteiger partial charge in [0.05, 0.1) is 10.5 Å². The van der Waals surface area contributed by atoms with Crippen molar-refractivity contribution in [2.75, 3.05) is 0 Å². The summed E-state index contributed by atoms with van der Waals surface area (Å²) in [6.07, 6.45) is 3.56. The molecule has 2 aromatic heterocycles. The molecule has 0 saturated carbocycles. The van der Waals surface area contributed by atoms with Crippen molar-refractivity contribution in [3.8, 4) is 23.1 Å². The summed E-state index contributed by atoms with van der Waals surface area (Å²) in [5.41, 5.74) is 3.78. The number of pyridine rings is 1. The normalized spacial score (nSPS) is 11.2. The number of nitrogens with two attached hydrogens (primary N) is 1. The van der Waals surface area contributed by atoms with Gasteiger partial charge in [0, 0.05) is 34.6 Å². The molecule has 6 nitrogen and oxygen atoms in total. The second-order valence-corrected chi connectivity index (χ2v) is 7.86. The smallest absolute Gasteiger partial charge is 0.238 e. The zero-order valence-electron chi connectivity index (χ0n) is 15.0. The maximum atomic E-state index is 11.5. The van der Waals surface area contributed by atoms with Crippen LogP contribution in [-0.2, 0) is 10.0 Å². The van der Waals surface area contributed by atoms with E-state index in [-0.39, 0.29) is 4.90 Å². The predicted octanol–water partition coefficient (Wildman–Crippen LogP) is 2.98. The highest BCUT2D eigenvalue weighted by atomic mass is 32.2. The van der Waals surface area contributed by atoms with Crippen LogP contribution >= 0.6 is 0 Å². The van der Waals surface area contributed by atoms with Crippen LogP contribution in [0.25, 0.3) is 22.0 Å². The standard InChI is InChI=1S/C21H16N4O2S/c1-14-18(9-8-15-4-2-6-17(12-15)28(22,26)27)21(25-24-14)19-7-3-5-16-10-11-23-13-20(16)19/h2-7,10-13H,1H3,(H,24,25)(H2,22,26,27). The zero-order chi connectivity index (χ0) is 19.7. The molecule has 0 bridgehead atoms. The van der Waals surface area contributed by atoms with Crippen molar-refractivity contribution in [3.63, 3.8) is 0 Å². The van der Waals surface area contributed by atoms with Gasteiger partial charge in [0.1, 0.15) is 5.69 Å². The van der Waals surface area contributed by atoms with E-state index >= 15 is 0 Å². The molecule has 0 radical (unpaired) electrons. The maximum Gasteiger partial charge on any atom is 0.238 e. The van der Waals surface area contributed by atoms with E-state index in [2.05, 4.69) is 27.0 Å². The number of primary sulfonamides is 1. The largest absolute Gasteiger partial charge is 0.281 e. The van der Waals surface area contributed by atoms with E-state index in [1.54, 1.807) is 18.3 Å². The minimum atomic E-state index is -3.77. The number of aromatic nitrogens is 3. The Morgan fingerprint density at radius 3 is 2.71 bits per heavy atom. The molecule has 4 aromatic rings. The molecule has 0 aliphatic heterocycles. The van der Waals surface area contributed by atoms with Crippen molar-refractivity contribution < 1.29 is 8.42 Å². The van der Waals surface area contributed by atoms with Gasteiger partial charge in [-0.05, 0) is 36.6 Å². The summed E-state index contributed by atoms with van der Waals surface area (Å²) < 4.78 is 23.1. The molecule has 0 atom stereocenters. The Kier molecular flexibility index (Phi) is 4.43. The first-order valence-electron chi connectivity index (χ1n) is 8.46. The fraction of sp³-hybridized carbons (Fsp3) is 0.0476. The van der Waals surface area contributed by atoms with Gasteiger partial charge in [-0.1, -0.05) is 36.1 Å². The Balaban J connectivity index is 1.83. The summed E-state index contributed by atoms with van der Waals surface area (Å²) in [5, 5.41) is 14.7. The van der Waals surface area contributed by atoms with Crippen molar-refractivity contribution in [2.45, 2.75) is 11.8 Å². The molecule has 0 fully saturated rings. The van der Waals surface area contributed by atoms with E-state index in [4.69, 9.17) is 5.14 Å². The van der Waals surface area contributed by atoms with E-state index in [9.17, 15) is 8.42 Å². The van der Waals surface area contributed by atoms with E-state index in [0.29, 0.717) is 5.56 Å². The van der Waals surface area contributed by atoms with Crippen LogP contribution in [0.5, 0.6) is 0 Å². The molecule has 3 N–H and O–H groups in total. The van der Waals surface area contributed by atoms with E-state index in [1.807, 2.05) is 37.4 Å². The minimum Gasteiger partial charge on any atom is -0.281 e. The number of hydrogen-bond donors (Lipinski definition) is 2. The van der Waals surface area contributed by atoms with Gasteiger partial charge in [0.25, 0.3) is 0 Å². The van der Waals surface area contributed by atoms with Crippen LogP contribution in [-0.4, -0.2) is 23.6 Å². The molecule has 0 unspecified atom stereocenters. The topological polar surface area (TPSA) is 102 Å². The number of sulfonamides is 1. The first kappa shape index (κ1) is 17.9. The highest BCUT2D eigenvalue weighted by molar-refractivity contribution is 7.89. The molecule has 4 rings (SSSR count). The van der Waals surface area contributed by atoms with Crippen LogP contribution in [0.3, 0.4) is 0 Å². The Bertz CT molecular complexity index is 1360. The third-order valence-electron chi connectivity index (χ3n) is 4.38. The summed E-state index contributed by atoms with van der Waals surface area (Å²) >= 11 is 0.